The zero-order chi connectivity index (χ0) is 19.6. The SMILES string of the molecule is CCN(C(=O)c1cnc(N2CCC3(CC2)OCCO3)cn1)c1cccc(C)c1. The minimum atomic E-state index is -0.407. The molecule has 28 heavy (non-hydrogen) atoms. The van der Waals surface area contributed by atoms with Gasteiger partial charge in [0.1, 0.15) is 11.5 Å². The van der Waals surface area contributed by atoms with Gasteiger partial charge in [0, 0.05) is 38.2 Å². The summed E-state index contributed by atoms with van der Waals surface area (Å²) >= 11 is 0. The molecule has 0 radical (unpaired) electrons. The first-order valence-electron chi connectivity index (χ1n) is 9.84. The van der Waals surface area contributed by atoms with Crippen molar-refractivity contribution in [1.82, 2.24) is 9.97 Å². The fourth-order valence-electron chi connectivity index (χ4n) is 3.83. The first-order chi connectivity index (χ1) is 13.6. The zero-order valence-corrected chi connectivity index (χ0v) is 16.4. The molecule has 2 aliphatic heterocycles. The Kier molecular flexibility index (Phi) is 5.28. The summed E-state index contributed by atoms with van der Waals surface area (Å²) in [6.07, 6.45) is 4.88. The molecule has 0 atom stereocenters. The van der Waals surface area contributed by atoms with Crippen LogP contribution in [0.15, 0.2) is 36.7 Å². The van der Waals surface area contributed by atoms with E-state index in [9.17, 15) is 4.79 Å². The van der Waals surface area contributed by atoms with Gasteiger partial charge in [-0.15, -0.1) is 0 Å². The Labute approximate surface area is 165 Å². The van der Waals surface area contributed by atoms with Gasteiger partial charge in [0.2, 0.25) is 0 Å². The lowest BCUT2D eigenvalue weighted by molar-refractivity contribution is -0.169. The van der Waals surface area contributed by atoms with E-state index in [1.54, 1.807) is 17.3 Å². The van der Waals surface area contributed by atoms with Crippen molar-refractivity contribution in [2.24, 2.45) is 0 Å². The molecule has 0 saturated carbocycles. The van der Waals surface area contributed by atoms with E-state index in [1.165, 1.54) is 0 Å². The highest BCUT2D eigenvalue weighted by Crippen LogP contribution is 2.32. The lowest BCUT2D eigenvalue weighted by atomic mass is 10.0. The number of hydrogen-bond acceptors (Lipinski definition) is 6. The molecule has 0 N–H and O–H groups in total. The second kappa shape index (κ2) is 7.85. The van der Waals surface area contributed by atoms with Gasteiger partial charge in [0.15, 0.2) is 5.79 Å². The quantitative estimate of drug-likeness (QED) is 0.810. The van der Waals surface area contributed by atoms with Gasteiger partial charge in [-0.25, -0.2) is 9.97 Å². The zero-order valence-electron chi connectivity index (χ0n) is 16.4. The van der Waals surface area contributed by atoms with Crippen molar-refractivity contribution >= 4 is 17.4 Å². The Bertz CT molecular complexity index is 824. The van der Waals surface area contributed by atoms with Crippen LogP contribution in [0.1, 0.15) is 35.8 Å². The number of carbonyl (C=O) groups excluding carboxylic acids is 1. The summed E-state index contributed by atoms with van der Waals surface area (Å²) < 4.78 is 11.5. The Balaban J connectivity index is 1.44. The number of rotatable bonds is 4. The van der Waals surface area contributed by atoms with Crippen LogP contribution in [0.25, 0.3) is 0 Å². The summed E-state index contributed by atoms with van der Waals surface area (Å²) in [6, 6.07) is 7.91. The van der Waals surface area contributed by atoms with Crippen LogP contribution in [0.3, 0.4) is 0 Å². The van der Waals surface area contributed by atoms with Gasteiger partial charge < -0.3 is 19.3 Å². The van der Waals surface area contributed by atoms with E-state index in [-0.39, 0.29) is 5.91 Å². The normalized spacial score (nSPS) is 18.4. The number of anilines is 2. The third kappa shape index (κ3) is 3.72. The van der Waals surface area contributed by atoms with Crippen molar-refractivity contribution in [3.63, 3.8) is 0 Å². The molecule has 0 bridgehead atoms. The van der Waals surface area contributed by atoms with Crippen molar-refractivity contribution in [3.05, 3.63) is 47.9 Å². The number of piperidine rings is 1. The molecule has 7 nitrogen and oxygen atoms in total. The fourth-order valence-corrected chi connectivity index (χ4v) is 3.83. The van der Waals surface area contributed by atoms with E-state index in [1.807, 2.05) is 38.1 Å². The predicted octanol–water partition coefficient (Wildman–Crippen LogP) is 2.80. The summed E-state index contributed by atoms with van der Waals surface area (Å²) in [5.41, 5.74) is 2.34. The van der Waals surface area contributed by atoms with E-state index in [0.29, 0.717) is 25.5 Å². The van der Waals surface area contributed by atoms with Crippen LogP contribution in [0.2, 0.25) is 0 Å². The van der Waals surface area contributed by atoms with Gasteiger partial charge in [-0.05, 0) is 31.5 Å². The third-order valence-corrected chi connectivity index (χ3v) is 5.39. The van der Waals surface area contributed by atoms with Crippen LogP contribution in [0, 0.1) is 6.92 Å². The highest BCUT2D eigenvalue weighted by atomic mass is 16.7. The Morgan fingerprint density at radius 3 is 2.54 bits per heavy atom. The minimum Gasteiger partial charge on any atom is -0.355 e. The average molecular weight is 382 g/mol. The van der Waals surface area contributed by atoms with E-state index in [2.05, 4.69) is 14.9 Å². The molecule has 1 aromatic heterocycles. The Morgan fingerprint density at radius 1 is 1.18 bits per heavy atom. The van der Waals surface area contributed by atoms with E-state index < -0.39 is 5.79 Å². The number of nitrogens with zero attached hydrogens (tertiary/aromatic N) is 4. The predicted molar refractivity (Wildman–Crippen MR) is 107 cm³/mol. The van der Waals surface area contributed by atoms with Gasteiger partial charge >= 0.3 is 0 Å². The van der Waals surface area contributed by atoms with Crippen molar-refractivity contribution in [1.29, 1.82) is 0 Å². The second-order valence-corrected chi connectivity index (χ2v) is 7.24. The molecule has 4 rings (SSSR count). The number of carbonyl (C=O) groups is 1. The minimum absolute atomic E-state index is 0.141. The number of ether oxygens (including phenoxy) is 2. The van der Waals surface area contributed by atoms with Crippen LogP contribution in [-0.4, -0.2) is 54.5 Å². The first kappa shape index (κ1) is 18.8. The summed E-state index contributed by atoms with van der Waals surface area (Å²) in [7, 11) is 0. The molecule has 1 aromatic carbocycles. The van der Waals surface area contributed by atoms with Gasteiger partial charge in [-0.1, -0.05) is 12.1 Å². The third-order valence-electron chi connectivity index (χ3n) is 5.39. The van der Waals surface area contributed by atoms with Crippen molar-refractivity contribution in [3.8, 4) is 0 Å². The number of aryl methyl sites for hydroxylation is 1. The molecule has 148 valence electrons. The molecule has 0 aliphatic carbocycles. The smallest absolute Gasteiger partial charge is 0.278 e. The number of amides is 1. The fraction of sp³-hybridized carbons (Fsp3) is 0.476. The van der Waals surface area contributed by atoms with Crippen LogP contribution in [0.5, 0.6) is 0 Å². The van der Waals surface area contributed by atoms with Gasteiger partial charge in [-0.3, -0.25) is 4.79 Å². The van der Waals surface area contributed by atoms with Crippen LogP contribution >= 0.6 is 0 Å². The van der Waals surface area contributed by atoms with E-state index >= 15 is 0 Å². The summed E-state index contributed by atoms with van der Waals surface area (Å²) in [4.78, 5) is 25.7. The lowest BCUT2D eigenvalue weighted by Gasteiger charge is -2.37. The van der Waals surface area contributed by atoms with Crippen molar-refractivity contribution in [2.75, 3.05) is 42.6 Å². The molecule has 0 unspecified atom stereocenters. The topological polar surface area (TPSA) is 67.8 Å². The molecule has 3 heterocycles. The van der Waals surface area contributed by atoms with Crippen LogP contribution in [-0.2, 0) is 9.47 Å². The van der Waals surface area contributed by atoms with E-state index in [4.69, 9.17) is 9.47 Å². The number of hydrogen-bond donors (Lipinski definition) is 0. The lowest BCUT2D eigenvalue weighted by Crippen LogP contribution is -2.45. The number of benzene rings is 1. The molecule has 2 saturated heterocycles. The van der Waals surface area contributed by atoms with Gasteiger partial charge in [-0.2, -0.15) is 0 Å². The second-order valence-electron chi connectivity index (χ2n) is 7.24. The highest BCUT2D eigenvalue weighted by Gasteiger charge is 2.40. The van der Waals surface area contributed by atoms with Crippen LogP contribution < -0.4 is 9.80 Å². The average Bonchev–Trinajstić information content (AvgIpc) is 3.17. The summed E-state index contributed by atoms with van der Waals surface area (Å²) in [5, 5.41) is 0. The summed E-state index contributed by atoms with van der Waals surface area (Å²) in [5.74, 6) is 0.232. The van der Waals surface area contributed by atoms with Crippen molar-refractivity contribution in [2.45, 2.75) is 32.5 Å². The molecule has 1 spiro atoms. The maximum Gasteiger partial charge on any atom is 0.278 e. The van der Waals surface area contributed by atoms with E-state index in [0.717, 1.165) is 43.0 Å². The first-order valence-corrected chi connectivity index (χ1v) is 9.84. The maximum atomic E-state index is 12.9. The molecule has 2 fully saturated rings. The Morgan fingerprint density at radius 2 is 1.93 bits per heavy atom. The largest absolute Gasteiger partial charge is 0.355 e. The molecular formula is C21H26N4O3. The number of aromatic nitrogens is 2. The van der Waals surface area contributed by atoms with Crippen molar-refractivity contribution < 1.29 is 14.3 Å². The molecule has 2 aromatic rings. The standard InChI is InChI=1S/C21H26N4O3/c1-3-25(17-6-4-5-16(2)13-17)20(26)18-14-23-19(15-22-18)24-9-7-21(8-10-24)27-11-12-28-21/h4-6,13-15H,3,7-12H2,1-2H3. The van der Waals surface area contributed by atoms with Crippen LogP contribution in [0.4, 0.5) is 11.5 Å². The summed E-state index contributed by atoms with van der Waals surface area (Å²) in [6.45, 7) is 7.48. The van der Waals surface area contributed by atoms with Gasteiger partial charge in [0.25, 0.3) is 5.91 Å². The highest BCUT2D eigenvalue weighted by molar-refractivity contribution is 6.04. The molecular weight excluding hydrogens is 356 g/mol. The Hall–Kier alpha value is -2.51. The molecule has 1 amide bonds. The monoisotopic (exact) mass is 382 g/mol. The molecule has 7 heteroatoms. The molecule has 2 aliphatic rings. The maximum absolute atomic E-state index is 12.9. The van der Waals surface area contributed by atoms with Gasteiger partial charge in [0.05, 0.1) is 25.6 Å².